The van der Waals surface area contributed by atoms with E-state index in [0.717, 1.165) is 38.0 Å². The van der Waals surface area contributed by atoms with Crippen LogP contribution in [0.2, 0.25) is 5.02 Å². The molecule has 30 heavy (non-hydrogen) atoms. The molecule has 1 amide bonds. The number of nitrogens with zero attached hydrogens (tertiary/aromatic N) is 2. The molecule has 0 radical (unpaired) electrons. The molecule has 1 saturated heterocycles. The average molecular weight is 451 g/mol. The number of halogens is 1. The zero-order valence-corrected chi connectivity index (χ0v) is 19.0. The third kappa shape index (κ3) is 5.11. The minimum absolute atomic E-state index is 0.0733. The van der Waals surface area contributed by atoms with E-state index >= 15 is 0 Å². The molecule has 2 aromatic rings. The molecule has 9 heteroatoms. The Bertz CT molecular complexity index is 1060. The number of primary sulfonamides is 1. The fourth-order valence-electron chi connectivity index (χ4n) is 3.47. The predicted molar refractivity (Wildman–Crippen MR) is 120 cm³/mol. The van der Waals surface area contributed by atoms with E-state index in [1.807, 2.05) is 20.8 Å². The number of pyridine rings is 1. The fourth-order valence-corrected chi connectivity index (χ4v) is 4.46. The van der Waals surface area contributed by atoms with Gasteiger partial charge in [0.1, 0.15) is 5.82 Å². The molecule has 3 rings (SSSR count). The lowest BCUT2D eigenvalue weighted by molar-refractivity contribution is 0.102. The lowest BCUT2D eigenvalue weighted by Crippen LogP contribution is -2.33. The maximum absolute atomic E-state index is 13.1. The Balaban J connectivity index is 2.01. The summed E-state index contributed by atoms with van der Waals surface area (Å²) < 4.78 is 23.2. The smallest absolute Gasteiger partial charge is 0.259 e. The number of amides is 1. The van der Waals surface area contributed by atoms with Crippen molar-refractivity contribution in [2.45, 2.75) is 50.3 Å². The molecule has 3 N–H and O–H groups in total. The van der Waals surface area contributed by atoms with Gasteiger partial charge < -0.3 is 10.2 Å². The molecular weight excluding hydrogens is 424 g/mol. The number of benzene rings is 1. The minimum Gasteiger partial charge on any atom is -0.356 e. The molecule has 0 atom stereocenters. The van der Waals surface area contributed by atoms with Crippen LogP contribution in [-0.4, -0.2) is 32.4 Å². The third-order valence-electron chi connectivity index (χ3n) is 4.99. The van der Waals surface area contributed by atoms with E-state index in [4.69, 9.17) is 21.7 Å². The SMILES string of the molecule is CC(C)(C)c1nc(N2CCCCC2)c(C(=O)Nc2cccc(S(N)(=O)=O)c2)cc1Cl. The molecule has 7 nitrogen and oxygen atoms in total. The highest BCUT2D eigenvalue weighted by atomic mass is 35.5. The molecule has 2 heterocycles. The highest BCUT2D eigenvalue weighted by Crippen LogP contribution is 2.33. The summed E-state index contributed by atoms with van der Waals surface area (Å²) in [6.45, 7) is 7.72. The molecule has 1 aliphatic heterocycles. The zero-order chi connectivity index (χ0) is 22.1. The maximum atomic E-state index is 13.1. The van der Waals surface area contributed by atoms with Crippen molar-refractivity contribution < 1.29 is 13.2 Å². The van der Waals surface area contributed by atoms with Crippen LogP contribution in [0.25, 0.3) is 0 Å². The summed E-state index contributed by atoms with van der Waals surface area (Å²) in [6.07, 6.45) is 3.22. The molecule has 1 aromatic heterocycles. The highest BCUT2D eigenvalue weighted by molar-refractivity contribution is 7.89. The van der Waals surface area contributed by atoms with E-state index in [0.29, 0.717) is 22.1 Å². The van der Waals surface area contributed by atoms with Crippen molar-refractivity contribution in [3.05, 3.63) is 46.6 Å². The number of nitrogens with one attached hydrogen (secondary N) is 1. The van der Waals surface area contributed by atoms with Gasteiger partial charge in [-0.1, -0.05) is 38.4 Å². The summed E-state index contributed by atoms with van der Waals surface area (Å²) in [6, 6.07) is 7.48. The largest absolute Gasteiger partial charge is 0.356 e. The first-order valence-electron chi connectivity index (χ1n) is 9.87. The second kappa shape index (κ2) is 8.53. The van der Waals surface area contributed by atoms with Gasteiger partial charge in [-0.2, -0.15) is 0 Å². The second-order valence-electron chi connectivity index (χ2n) is 8.51. The van der Waals surface area contributed by atoms with Crippen LogP contribution >= 0.6 is 11.6 Å². The second-order valence-corrected chi connectivity index (χ2v) is 10.5. The van der Waals surface area contributed by atoms with Gasteiger partial charge in [-0.05, 0) is 43.5 Å². The quantitative estimate of drug-likeness (QED) is 0.734. The first-order valence-corrected chi connectivity index (χ1v) is 11.8. The molecule has 162 valence electrons. The number of piperidine rings is 1. The van der Waals surface area contributed by atoms with Crippen LogP contribution in [-0.2, 0) is 15.4 Å². The van der Waals surface area contributed by atoms with Crippen molar-refractivity contribution in [1.82, 2.24) is 4.98 Å². The van der Waals surface area contributed by atoms with Crippen LogP contribution in [0.3, 0.4) is 0 Å². The molecule has 0 saturated carbocycles. The van der Waals surface area contributed by atoms with Crippen molar-refractivity contribution in [3.63, 3.8) is 0 Å². The normalized spacial score (nSPS) is 15.2. The zero-order valence-electron chi connectivity index (χ0n) is 17.4. The molecule has 1 fully saturated rings. The van der Waals surface area contributed by atoms with Crippen molar-refractivity contribution in [3.8, 4) is 0 Å². The van der Waals surface area contributed by atoms with Gasteiger partial charge in [0, 0.05) is 24.2 Å². The Morgan fingerprint density at radius 3 is 2.43 bits per heavy atom. The van der Waals surface area contributed by atoms with Gasteiger partial charge in [-0.3, -0.25) is 4.79 Å². The summed E-state index contributed by atoms with van der Waals surface area (Å²) in [5, 5.41) is 8.37. The van der Waals surface area contributed by atoms with E-state index < -0.39 is 15.9 Å². The number of carbonyl (C=O) groups excluding carboxylic acids is 1. The maximum Gasteiger partial charge on any atom is 0.259 e. The van der Waals surface area contributed by atoms with E-state index in [9.17, 15) is 13.2 Å². The Morgan fingerprint density at radius 2 is 1.83 bits per heavy atom. The van der Waals surface area contributed by atoms with Crippen LogP contribution in [0.15, 0.2) is 35.2 Å². The predicted octanol–water partition coefficient (Wildman–Crippen LogP) is 3.92. The van der Waals surface area contributed by atoms with Crippen LogP contribution in [0.5, 0.6) is 0 Å². The number of carbonyl (C=O) groups is 1. The third-order valence-corrected chi connectivity index (χ3v) is 6.19. The molecule has 1 aromatic carbocycles. The molecular formula is C21H27ClN4O3S. The lowest BCUT2D eigenvalue weighted by atomic mass is 9.91. The monoisotopic (exact) mass is 450 g/mol. The summed E-state index contributed by atoms with van der Waals surface area (Å²) >= 11 is 6.50. The van der Waals surface area contributed by atoms with Crippen LogP contribution < -0.4 is 15.4 Å². The number of nitrogens with two attached hydrogens (primary N) is 1. The molecule has 0 bridgehead atoms. The molecule has 1 aliphatic rings. The first kappa shape index (κ1) is 22.5. The molecule has 0 aliphatic carbocycles. The van der Waals surface area contributed by atoms with Gasteiger partial charge in [0.2, 0.25) is 10.0 Å². The van der Waals surface area contributed by atoms with E-state index in [2.05, 4.69) is 10.2 Å². The highest BCUT2D eigenvalue weighted by Gasteiger charge is 2.27. The lowest BCUT2D eigenvalue weighted by Gasteiger charge is -2.31. The molecule has 0 spiro atoms. The summed E-state index contributed by atoms with van der Waals surface area (Å²) in [4.78, 5) is 20.0. The summed E-state index contributed by atoms with van der Waals surface area (Å²) in [5.41, 5.74) is 1.14. The minimum atomic E-state index is -3.87. The Hall–Kier alpha value is -2.16. The number of anilines is 2. The van der Waals surface area contributed by atoms with Crippen LogP contribution in [0.4, 0.5) is 11.5 Å². The van der Waals surface area contributed by atoms with E-state index in [1.165, 1.54) is 18.2 Å². The van der Waals surface area contributed by atoms with Gasteiger partial charge in [0.25, 0.3) is 5.91 Å². The van der Waals surface area contributed by atoms with Crippen molar-refractivity contribution in [2.24, 2.45) is 5.14 Å². The van der Waals surface area contributed by atoms with Gasteiger partial charge in [0.15, 0.2) is 0 Å². The first-order chi connectivity index (χ1) is 14.0. The van der Waals surface area contributed by atoms with Crippen molar-refractivity contribution >= 4 is 39.0 Å². The van der Waals surface area contributed by atoms with Crippen molar-refractivity contribution in [2.75, 3.05) is 23.3 Å². The number of rotatable bonds is 4. The topological polar surface area (TPSA) is 105 Å². The standard InChI is InChI=1S/C21H27ClN4O3S/c1-21(2,3)18-17(22)13-16(19(25-18)26-10-5-4-6-11-26)20(27)24-14-8-7-9-15(12-14)30(23,28)29/h7-9,12-13H,4-6,10-11H2,1-3H3,(H,24,27)(H2,23,28,29). The average Bonchev–Trinajstić information content (AvgIpc) is 2.67. The number of hydrogen-bond donors (Lipinski definition) is 2. The van der Waals surface area contributed by atoms with E-state index in [1.54, 1.807) is 12.1 Å². The number of sulfonamides is 1. The van der Waals surface area contributed by atoms with Crippen molar-refractivity contribution in [1.29, 1.82) is 0 Å². The van der Waals surface area contributed by atoms with Gasteiger partial charge in [-0.15, -0.1) is 0 Å². The number of hydrogen-bond acceptors (Lipinski definition) is 5. The van der Waals surface area contributed by atoms with Gasteiger partial charge >= 0.3 is 0 Å². The fraction of sp³-hybridized carbons (Fsp3) is 0.429. The Labute approximate surface area is 182 Å². The Morgan fingerprint density at radius 1 is 1.17 bits per heavy atom. The summed E-state index contributed by atoms with van der Waals surface area (Å²) in [5.74, 6) is 0.195. The van der Waals surface area contributed by atoms with Gasteiger partial charge in [-0.25, -0.2) is 18.5 Å². The summed E-state index contributed by atoms with van der Waals surface area (Å²) in [7, 11) is -3.87. The van der Waals surface area contributed by atoms with Crippen LogP contribution in [0.1, 0.15) is 56.1 Å². The van der Waals surface area contributed by atoms with Crippen LogP contribution in [0, 0.1) is 0 Å². The molecule has 0 unspecified atom stereocenters. The van der Waals surface area contributed by atoms with Gasteiger partial charge in [0.05, 0.1) is 21.2 Å². The van der Waals surface area contributed by atoms with E-state index in [-0.39, 0.29) is 10.3 Å². The number of aromatic nitrogens is 1. The Kier molecular flexibility index (Phi) is 6.40.